The van der Waals surface area contributed by atoms with Crippen LogP contribution in [0.25, 0.3) is 0 Å². The van der Waals surface area contributed by atoms with Crippen LogP contribution in [-0.2, 0) is 0 Å². The second kappa shape index (κ2) is 6.57. The van der Waals surface area contributed by atoms with E-state index in [-0.39, 0.29) is 0 Å². The van der Waals surface area contributed by atoms with E-state index >= 15 is 0 Å². The molecule has 1 saturated heterocycles. The van der Waals surface area contributed by atoms with Crippen molar-refractivity contribution in [1.29, 1.82) is 0 Å². The summed E-state index contributed by atoms with van der Waals surface area (Å²) in [5.41, 5.74) is 0. The Balaban J connectivity index is 2.53. The third-order valence-corrected chi connectivity index (χ3v) is 10.1. The zero-order valence-corrected chi connectivity index (χ0v) is 12.3. The molecule has 0 aliphatic carbocycles. The van der Waals surface area contributed by atoms with E-state index in [4.69, 9.17) is 0 Å². The monoisotopic (exact) mass is 240 g/mol. The Kier molecular flexibility index (Phi) is 5.73. The van der Waals surface area contributed by atoms with Crippen LogP contribution in [0.3, 0.4) is 0 Å². The van der Waals surface area contributed by atoms with E-state index in [9.17, 15) is 0 Å². The predicted molar refractivity (Wildman–Crippen MR) is 75.4 cm³/mol. The van der Waals surface area contributed by atoms with E-state index in [0.717, 1.165) is 6.54 Å². The van der Waals surface area contributed by atoms with Crippen LogP contribution in [0.4, 0.5) is 0 Å². The summed E-state index contributed by atoms with van der Waals surface area (Å²) in [7, 11) is -1.09. The van der Waals surface area contributed by atoms with Crippen LogP contribution < -0.4 is 0 Å². The van der Waals surface area contributed by atoms with Gasteiger partial charge in [-0.3, -0.25) is 4.90 Å². The summed E-state index contributed by atoms with van der Waals surface area (Å²) in [6, 6.07) is 4.25. The van der Waals surface area contributed by atoms with Gasteiger partial charge in [0.1, 0.15) is 8.24 Å². The molecule has 0 atom stereocenters. The fraction of sp³-hybridized carbons (Fsp3) is 0.846. The largest absolute Gasteiger partial charge is 0.321 e. The molecule has 0 amide bonds. The number of hydrogen-bond donors (Lipinski definition) is 0. The van der Waals surface area contributed by atoms with Gasteiger partial charge in [-0.1, -0.05) is 26.8 Å². The third kappa shape index (κ3) is 2.96. The van der Waals surface area contributed by atoms with Crippen LogP contribution in [0.1, 0.15) is 20.8 Å². The molecule has 0 bridgehead atoms. The van der Waals surface area contributed by atoms with Crippen molar-refractivity contribution >= 4 is 8.24 Å². The normalized spacial score (nSPS) is 19.9. The molecule has 3 heteroatoms. The number of hydrogen-bond acceptors (Lipinski definition) is 2. The predicted octanol–water partition coefficient (Wildman–Crippen LogP) is 2.80. The summed E-state index contributed by atoms with van der Waals surface area (Å²) in [6.07, 6.45) is 2.03. The highest BCUT2D eigenvalue weighted by Crippen LogP contribution is 2.25. The summed E-state index contributed by atoms with van der Waals surface area (Å²) in [4.78, 5) is 2.52. The minimum atomic E-state index is -1.09. The topological polar surface area (TPSA) is 6.48 Å². The molecule has 1 fully saturated rings. The van der Waals surface area contributed by atoms with Gasteiger partial charge in [-0.15, -0.1) is 6.58 Å². The summed E-state index contributed by atoms with van der Waals surface area (Å²) >= 11 is 0. The molecule has 0 aromatic heterocycles. The standard InChI is InChI=1S/C13H28N2Si/c1-5-9-14-10-12-15(13-11-14)16(6-2,7-3)8-4/h5H,1,6-13H2,2-4H3. The molecule has 0 radical (unpaired) electrons. The third-order valence-electron chi connectivity index (χ3n) is 4.40. The molecule has 0 aromatic carbocycles. The Morgan fingerprint density at radius 1 is 1.00 bits per heavy atom. The lowest BCUT2D eigenvalue weighted by atomic mass is 10.3. The summed E-state index contributed by atoms with van der Waals surface area (Å²) in [5.74, 6) is 0. The molecule has 94 valence electrons. The van der Waals surface area contributed by atoms with Gasteiger partial charge in [0.05, 0.1) is 0 Å². The fourth-order valence-corrected chi connectivity index (χ4v) is 7.00. The molecule has 1 rings (SSSR count). The molecule has 0 unspecified atom stereocenters. The lowest BCUT2D eigenvalue weighted by molar-refractivity contribution is 0.197. The van der Waals surface area contributed by atoms with Crippen molar-refractivity contribution in [2.75, 3.05) is 32.7 Å². The maximum absolute atomic E-state index is 3.82. The number of rotatable bonds is 6. The van der Waals surface area contributed by atoms with Crippen molar-refractivity contribution in [3.63, 3.8) is 0 Å². The highest BCUT2D eigenvalue weighted by atomic mass is 28.3. The first-order valence-electron chi connectivity index (χ1n) is 6.80. The second-order valence-corrected chi connectivity index (χ2v) is 10.1. The lowest BCUT2D eigenvalue weighted by Gasteiger charge is -2.45. The van der Waals surface area contributed by atoms with Gasteiger partial charge in [-0.25, -0.2) is 0 Å². The summed E-state index contributed by atoms with van der Waals surface area (Å²) < 4.78 is 2.85. The maximum Gasteiger partial charge on any atom is 0.127 e. The number of nitrogens with zero attached hydrogens (tertiary/aromatic N) is 2. The molecule has 16 heavy (non-hydrogen) atoms. The van der Waals surface area contributed by atoms with E-state index < -0.39 is 8.24 Å². The van der Waals surface area contributed by atoms with Crippen molar-refractivity contribution in [3.05, 3.63) is 12.7 Å². The minimum absolute atomic E-state index is 1.06. The smallest absolute Gasteiger partial charge is 0.127 e. The lowest BCUT2D eigenvalue weighted by Crippen LogP contribution is -2.59. The van der Waals surface area contributed by atoms with Crippen molar-refractivity contribution in [3.8, 4) is 0 Å². The first kappa shape index (κ1) is 13.9. The molecule has 0 spiro atoms. The first-order valence-corrected chi connectivity index (χ1v) is 9.37. The summed E-state index contributed by atoms with van der Waals surface area (Å²) in [6.45, 7) is 17.1. The van der Waals surface area contributed by atoms with Crippen molar-refractivity contribution in [2.24, 2.45) is 0 Å². The molecule has 0 saturated carbocycles. The van der Waals surface area contributed by atoms with Crippen molar-refractivity contribution in [1.82, 2.24) is 9.47 Å². The number of piperazine rings is 1. The van der Waals surface area contributed by atoms with Gasteiger partial charge in [-0.05, 0) is 18.1 Å². The quantitative estimate of drug-likeness (QED) is 0.520. The molecule has 1 aliphatic heterocycles. The first-order chi connectivity index (χ1) is 7.72. The van der Waals surface area contributed by atoms with E-state index in [0.29, 0.717) is 0 Å². The van der Waals surface area contributed by atoms with Crippen LogP contribution in [0.2, 0.25) is 18.1 Å². The Morgan fingerprint density at radius 2 is 1.50 bits per heavy atom. The van der Waals surface area contributed by atoms with Crippen molar-refractivity contribution in [2.45, 2.75) is 38.9 Å². The van der Waals surface area contributed by atoms with Gasteiger partial charge in [0.2, 0.25) is 0 Å². The van der Waals surface area contributed by atoms with Crippen LogP contribution in [-0.4, -0.2) is 50.4 Å². The Morgan fingerprint density at radius 3 is 1.88 bits per heavy atom. The van der Waals surface area contributed by atoms with Crippen LogP contribution in [0.15, 0.2) is 12.7 Å². The molecule has 1 aliphatic rings. The van der Waals surface area contributed by atoms with Gasteiger partial charge in [0, 0.05) is 32.7 Å². The molecular weight excluding hydrogens is 212 g/mol. The zero-order valence-electron chi connectivity index (χ0n) is 11.3. The van der Waals surface area contributed by atoms with Gasteiger partial charge >= 0.3 is 0 Å². The van der Waals surface area contributed by atoms with Crippen molar-refractivity contribution < 1.29 is 0 Å². The van der Waals surface area contributed by atoms with E-state index in [1.54, 1.807) is 0 Å². The average Bonchev–Trinajstić information content (AvgIpc) is 2.34. The van der Waals surface area contributed by atoms with Gasteiger partial charge in [-0.2, -0.15) is 0 Å². The van der Waals surface area contributed by atoms with Gasteiger partial charge < -0.3 is 4.57 Å². The Bertz CT molecular complexity index is 198. The molecule has 0 N–H and O–H groups in total. The fourth-order valence-electron chi connectivity index (χ4n) is 3.01. The maximum atomic E-state index is 3.82. The second-order valence-electron chi connectivity index (χ2n) is 4.86. The van der Waals surface area contributed by atoms with Gasteiger partial charge in [0.25, 0.3) is 0 Å². The Hall–Kier alpha value is -0.123. The zero-order chi connectivity index (χ0) is 12.0. The van der Waals surface area contributed by atoms with Crippen LogP contribution in [0, 0.1) is 0 Å². The Labute approximate surface area is 102 Å². The highest BCUT2D eigenvalue weighted by Gasteiger charge is 2.35. The molecule has 1 heterocycles. The average molecular weight is 240 g/mol. The molecular formula is C13H28N2Si. The van der Waals surface area contributed by atoms with E-state index in [1.807, 2.05) is 6.08 Å². The summed E-state index contributed by atoms with van der Waals surface area (Å²) in [5, 5.41) is 0. The van der Waals surface area contributed by atoms with E-state index in [2.05, 4.69) is 36.8 Å². The highest BCUT2D eigenvalue weighted by molar-refractivity contribution is 6.77. The molecule has 0 aromatic rings. The van der Waals surface area contributed by atoms with Gasteiger partial charge in [0.15, 0.2) is 0 Å². The SMILES string of the molecule is C=CCN1CCN([Si](CC)(CC)CC)CC1. The van der Waals surface area contributed by atoms with E-state index in [1.165, 1.54) is 44.3 Å². The molecule has 2 nitrogen and oxygen atoms in total. The minimum Gasteiger partial charge on any atom is -0.321 e. The van der Waals surface area contributed by atoms with Crippen LogP contribution >= 0.6 is 0 Å². The van der Waals surface area contributed by atoms with Crippen LogP contribution in [0.5, 0.6) is 0 Å².